The van der Waals surface area contributed by atoms with Crippen molar-refractivity contribution in [2.45, 2.75) is 6.92 Å². The average molecular weight is 344 g/mol. The topological polar surface area (TPSA) is 99.9 Å². The molecule has 130 valence electrons. The van der Waals surface area contributed by atoms with Crippen LogP contribution in [-0.2, 0) is 0 Å². The summed E-state index contributed by atoms with van der Waals surface area (Å²) in [5, 5.41) is 13.6. The maximum Gasteiger partial charge on any atom is 0.273 e. The van der Waals surface area contributed by atoms with Gasteiger partial charge in [0, 0.05) is 11.6 Å². The molecular formula is C17H16N2O6. The van der Waals surface area contributed by atoms with Gasteiger partial charge in [-0.25, -0.2) is 0 Å². The first-order valence-electron chi connectivity index (χ1n) is 7.70. The molecule has 25 heavy (non-hydrogen) atoms. The second-order valence-electron chi connectivity index (χ2n) is 5.18. The van der Waals surface area contributed by atoms with Gasteiger partial charge in [0.25, 0.3) is 11.6 Å². The molecule has 0 saturated heterocycles. The van der Waals surface area contributed by atoms with Gasteiger partial charge in [-0.05, 0) is 31.2 Å². The Kier molecular flexibility index (Phi) is 4.69. The van der Waals surface area contributed by atoms with Crippen LogP contribution in [0.2, 0.25) is 0 Å². The van der Waals surface area contributed by atoms with Crippen LogP contribution >= 0.6 is 0 Å². The van der Waals surface area contributed by atoms with E-state index in [1.807, 2.05) is 0 Å². The van der Waals surface area contributed by atoms with Gasteiger partial charge in [0.1, 0.15) is 19.0 Å². The molecule has 1 N–H and O–H groups in total. The number of benzene rings is 2. The van der Waals surface area contributed by atoms with Crippen LogP contribution in [0, 0.1) is 10.1 Å². The van der Waals surface area contributed by atoms with Crippen molar-refractivity contribution in [1.82, 2.24) is 0 Å². The van der Waals surface area contributed by atoms with Crippen LogP contribution in [0.15, 0.2) is 36.4 Å². The summed E-state index contributed by atoms with van der Waals surface area (Å²) in [6, 6.07) is 8.91. The van der Waals surface area contributed by atoms with E-state index < -0.39 is 4.92 Å². The highest BCUT2D eigenvalue weighted by molar-refractivity contribution is 6.05. The smallest absolute Gasteiger partial charge is 0.273 e. The average Bonchev–Trinajstić information content (AvgIpc) is 2.62. The lowest BCUT2D eigenvalue weighted by Crippen LogP contribution is -2.17. The number of hydrogen-bond acceptors (Lipinski definition) is 6. The molecule has 0 radical (unpaired) electrons. The number of carbonyl (C=O) groups excluding carboxylic acids is 1. The Morgan fingerprint density at radius 3 is 2.68 bits per heavy atom. The van der Waals surface area contributed by atoms with Crippen molar-refractivity contribution in [3.8, 4) is 17.2 Å². The minimum atomic E-state index is -0.519. The van der Waals surface area contributed by atoms with Crippen LogP contribution in [0.25, 0.3) is 0 Å². The first kappa shape index (κ1) is 16.6. The van der Waals surface area contributed by atoms with Gasteiger partial charge in [0.15, 0.2) is 11.5 Å². The number of rotatable bonds is 5. The van der Waals surface area contributed by atoms with Crippen molar-refractivity contribution < 1.29 is 23.9 Å². The molecule has 8 heteroatoms. The molecule has 1 amide bonds. The monoisotopic (exact) mass is 344 g/mol. The lowest BCUT2D eigenvalue weighted by molar-refractivity contribution is -0.384. The lowest BCUT2D eigenvalue weighted by Gasteiger charge is -2.19. The predicted octanol–water partition coefficient (Wildman–Crippen LogP) is 3.02. The highest BCUT2D eigenvalue weighted by Crippen LogP contribution is 2.32. The van der Waals surface area contributed by atoms with Crippen LogP contribution in [-0.4, -0.2) is 30.7 Å². The van der Waals surface area contributed by atoms with E-state index in [0.717, 1.165) is 0 Å². The summed E-state index contributed by atoms with van der Waals surface area (Å²) < 4.78 is 16.3. The summed E-state index contributed by atoms with van der Waals surface area (Å²) in [6.45, 7) is 2.97. The van der Waals surface area contributed by atoms with E-state index in [0.29, 0.717) is 42.6 Å². The van der Waals surface area contributed by atoms with E-state index in [4.69, 9.17) is 14.2 Å². The Morgan fingerprint density at radius 1 is 1.20 bits per heavy atom. The number of carbonyl (C=O) groups is 1. The largest absolute Gasteiger partial charge is 0.491 e. The first-order valence-corrected chi connectivity index (χ1v) is 7.70. The number of amides is 1. The third-order valence-corrected chi connectivity index (χ3v) is 3.53. The molecule has 0 saturated carbocycles. The van der Waals surface area contributed by atoms with Gasteiger partial charge in [-0.2, -0.15) is 0 Å². The highest BCUT2D eigenvalue weighted by atomic mass is 16.6. The Morgan fingerprint density at radius 2 is 1.96 bits per heavy atom. The summed E-state index contributed by atoms with van der Waals surface area (Å²) in [6.07, 6.45) is 0. The second kappa shape index (κ2) is 7.08. The number of fused-ring (bicyclic) bond motifs is 1. The highest BCUT2D eigenvalue weighted by Gasteiger charge is 2.17. The third-order valence-electron chi connectivity index (χ3n) is 3.53. The van der Waals surface area contributed by atoms with Crippen molar-refractivity contribution in [2.75, 3.05) is 25.1 Å². The molecule has 0 aliphatic carbocycles. The molecule has 0 atom stereocenters. The molecule has 0 fully saturated rings. The van der Waals surface area contributed by atoms with Crippen LogP contribution in [0.3, 0.4) is 0 Å². The summed E-state index contributed by atoms with van der Waals surface area (Å²) in [5.41, 5.74) is 0.623. The van der Waals surface area contributed by atoms with Crippen molar-refractivity contribution in [2.24, 2.45) is 0 Å². The number of non-ortho nitro benzene ring substituents is 1. The van der Waals surface area contributed by atoms with E-state index in [1.165, 1.54) is 18.2 Å². The fraction of sp³-hybridized carbons (Fsp3) is 0.235. The molecule has 0 spiro atoms. The van der Waals surface area contributed by atoms with E-state index >= 15 is 0 Å². The lowest BCUT2D eigenvalue weighted by atomic mass is 10.1. The zero-order chi connectivity index (χ0) is 17.8. The first-order chi connectivity index (χ1) is 12.1. The zero-order valence-corrected chi connectivity index (χ0v) is 13.5. The van der Waals surface area contributed by atoms with Gasteiger partial charge >= 0.3 is 0 Å². The molecule has 1 aliphatic heterocycles. The van der Waals surface area contributed by atoms with Gasteiger partial charge in [-0.3, -0.25) is 14.9 Å². The minimum Gasteiger partial charge on any atom is -0.491 e. The van der Waals surface area contributed by atoms with Gasteiger partial charge < -0.3 is 19.5 Å². The number of anilines is 1. The molecular weight excluding hydrogens is 328 g/mol. The van der Waals surface area contributed by atoms with Crippen molar-refractivity contribution in [1.29, 1.82) is 0 Å². The summed E-state index contributed by atoms with van der Waals surface area (Å²) >= 11 is 0. The Hall–Kier alpha value is -3.29. The molecule has 0 unspecified atom stereocenters. The minimum absolute atomic E-state index is 0.110. The Bertz CT molecular complexity index is 821. The molecule has 2 aromatic rings. The normalized spacial score (nSPS) is 12.4. The van der Waals surface area contributed by atoms with E-state index in [1.54, 1.807) is 25.1 Å². The van der Waals surface area contributed by atoms with Gasteiger partial charge in [-0.15, -0.1) is 0 Å². The predicted molar refractivity (Wildman–Crippen MR) is 89.7 cm³/mol. The molecule has 2 aromatic carbocycles. The van der Waals surface area contributed by atoms with Crippen molar-refractivity contribution >= 4 is 17.3 Å². The summed E-state index contributed by atoms with van der Waals surface area (Å²) in [5.74, 6) is 0.954. The molecule has 0 bridgehead atoms. The maximum absolute atomic E-state index is 12.5. The third kappa shape index (κ3) is 3.63. The van der Waals surface area contributed by atoms with Gasteiger partial charge in [0.2, 0.25) is 0 Å². The molecule has 1 aliphatic rings. The van der Waals surface area contributed by atoms with Crippen LogP contribution < -0.4 is 19.5 Å². The molecule has 0 aromatic heterocycles. The Balaban J connectivity index is 1.84. The van der Waals surface area contributed by atoms with E-state index in [-0.39, 0.29) is 17.3 Å². The fourth-order valence-corrected chi connectivity index (χ4v) is 2.38. The number of nitro benzene ring substituents is 1. The maximum atomic E-state index is 12.5. The van der Waals surface area contributed by atoms with Crippen molar-refractivity contribution in [3.63, 3.8) is 0 Å². The fourth-order valence-electron chi connectivity index (χ4n) is 2.38. The molecule has 1 heterocycles. The SMILES string of the molecule is CCOc1cc([N+](=O)[O-])ccc1NC(=O)c1ccc2c(c1)OCCO2. The summed E-state index contributed by atoms with van der Waals surface area (Å²) in [4.78, 5) is 22.8. The van der Waals surface area contributed by atoms with Crippen LogP contribution in [0.5, 0.6) is 17.2 Å². The van der Waals surface area contributed by atoms with E-state index in [2.05, 4.69) is 5.32 Å². The van der Waals surface area contributed by atoms with Gasteiger partial charge in [-0.1, -0.05) is 0 Å². The number of hydrogen-bond donors (Lipinski definition) is 1. The number of nitrogens with one attached hydrogen (secondary N) is 1. The zero-order valence-electron chi connectivity index (χ0n) is 13.5. The van der Waals surface area contributed by atoms with Crippen molar-refractivity contribution in [3.05, 3.63) is 52.1 Å². The molecule has 8 nitrogen and oxygen atoms in total. The Labute approximate surface area is 143 Å². The summed E-state index contributed by atoms with van der Waals surface area (Å²) in [7, 11) is 0. The number of nitrogens with zero attached hydrogens (tertiary/aromatic N) is 1. The number of ether oxygens (including phenoxy) is 3. The quantitative estimate of drug-likeness (QED) is 0.661. The molecule has 3 rings (SSSR count). The van der Waals surface area contributed by atoms with E-state index in [9.17, 15) is 14.9 Å². The standard InChI is InChI=1S/C17H16N2O6/c1-2-23-15-10-12(19(21)22)4-5-13(15)18-17(20)11-3-6-14-16(9-11)25-8-7-24-14/h3-6,9-10H,2,7-8H2,1H3,(H,18,20). The van der Waals surface area contributed by atoms with Crippen LogP contribution in [0.4, 0.5) is 11.4 Å². The van der Waals surface area contributed by atoms with Gasteiger partial charge in [0.05, 0.1) is 23.3 Å². The second-order valence-corrected chi connectivity index (χ2v) is 5.18. The number of nitro groups is 1. The van der Waals surface area contributed by atoms with Crippen LogP contribution in [0.1, 0.15) is 17.3 Å².